The minimum Gasteiger partial charge on any atom is -0.0979 e. The Bertz CT molecular complexity index is 1210. The van der Waals surface area contributed by atoms with Crippen LogP contribution in [0.4, 0.5) is 0 Å². The third kappa shape index (κ3) is 4.99. The van der Waals surface area contributed by atoms with E-state index in [1.165, 1.54) is 28.7 Å². The number of unbranched alkanes of at least 4 members (excludes halogenated alkanes) is 3. The lowest BCUT2D eigenvalue weighted by molar-refractivity contribution is 0.782. The van der Waals surface area contributed by atoms with E-state index in [0.717, 1.165) is 36.8 Å². The van der Waals surface area contributed by atoms with Crippen molar-refractivity contribution in [3.63, 3.8) is 0 Å². The van der Waals surface area contributed by atoms with Crippen LogP contribution in [-0.2, 0) is 0 Å². The molecule has 2 heteroatoms. The lowest BCUT2D eigenvalue weighted by Gasteiger charge is -2.03. The SMILES string of the molecule is Ic1cccc2cccc(C#CCCCCC#Cc3cccc4cccc(I)c34)c12. The molecule has 0 radical (unpaired) electrons. The summed E-state index contributed by atoms with van der Waals surface area (Å²) in [6, 6.07) is 25.5. The molecule has 0 nitrogen and oxygen atoms in total. The highest BCUT2D eigenvalue weighted by atomic mass is 127. The van der Waals surface area contributed by atoms with Gasteiger partial charge in [-0.15, -0.1) is 0 Å². The van der Waals surface area contributed by atoms with E-state index in [1.807, 2.05) is 0 Å². The van der Waals surface area contributed by atoms with E-state index in [2.05, 4.69) is 142 Å². The first kappa shape index (κ1) is 21.2. The van der Waals surface area contributed by atoms with Crippen LogP contribution < -0.4 is 0 Å². The van der Waals surface area contributed by atoms with Crippen molar-refractivity contribution in [2.75, 3.05) is 0 Å². The number of hydrogen-bond donors (Lipinski definition) is 0. The molecule has 0 spiro atoms. The molecular weight excluding hydrogens is 590 g/mol. The number of fused-ring (bicyclic) bond motifs is 2. The Hall–Kier alpha value is -2.02. The smallest absolute Gasteiger partial charge is 0.0334 e. The molecule has 0 heterocycles. The lowest BCUT2D eigenvalue weighted by Crippen LogP contribution is -1.84. The third-order valence-corrected chi connectivity index (χ3v) is 6.81. The Balaban J connectivity index is 1.35. The largest absolute Gasteiger partial charge is 0.0979 e. The van der Waals surface area contributed by atoms with Gasteiger partial charge in [-0.25, -0.2) is 0 Å². The van der Waals surface area contributed by atoms with Crippen LogP contribution in [0.1, 0.15) is 36.8 Å². The van der Waals surface area contributed by atoms with Crippen molar-refractivity contribution in [2.45, 2.75) is 25.7 Å². The Morgan fingerprint density at radius 1 is 0.533 bits per heavy atom. The summed E-state index contributed by atoms with van der Waals surface area (Å²) in [4.78, 5) is 0. The zero-order chi connectivity index (χ0) is 20.8. The lowest BCUT2D eigenvalue weighted by atomic mass is 10.0. The highest BCUT2D eigenvalue weighted by Gasteiger charge is 2.02. The molecule has 0 saturated heterocycles. The fourth-order valence-electron chi connectivity index (χ4n) is 3.54. The molecule has 0 aliphatic heterocycles. The fourth-order valence-corrected chi connectivity index (χ4v) is 5.16. The summed E-state index contributed by atoms with van der Waals surface area (Å²) in [5.74, 6) is 13.5. The van der Waals surface area contributed by atoms with Gasteiger partial charge in [0.15, 0.2) is 0 Å². The van der Waals surface area contributed by atoms with E-state index < -0.39 is 0 Å². The van der Waals surface area contributed by atoms with Gasteiger partial charge < -0.3 is 0 Å². The van der Waals surface area contributed by atoms with Crippen LogP contribution in [0.15, 0.2) is 72.8 Å². The summed E-state index contributed by atoms with van der Waals surface area (Å²) in [5, 5.41) is 5.05. The van der Waals surface area contributed by atoms with Gasteiger partial charge >= 0.3 is 0 Å². The molecule has 0 unspecified atom stereocenters. The zero-order valence-electron chi connectivity index (χ0n) is 16.5. The van der Waals surface area contributed by atoms with E-state index in [-0.39, 0.29) is 0 Å². The van der Waals surface area contributed by atoms with Crippen LogP contribution in [0.25, 0.3) is 21.5 Å². The maximum atomic E-state index is 3.38. The highest BCUT2D eigenvalue weighted by Crippen LogP contribution is 2.25. The number of halogens is 2. The van der Waals surface area contributed by atoms with Crippen molar-refractivity contribution in [3.8, 4) is 23.7 Å². The third-order valence-electron chi connectivity index (χ3n) is 5.01. The summed E-state index contributed by atoms with van der Waals surface area (Å²) in [6.07, 6.45) is 3.98. The molecule has 0 N–H and O–H groups in total. The van der Waals surface area contributed by atoms with Crippen LogP contribution in [0.3, 0.4) is 0 Å². The molecule has 4 aromatic carbocycles. The highest BCUT2D eigenvalue weighted by molar-refractivity contribution is 14.1. The number of rotatable bonds is 3. The van der Waals surface area contributed by atoms with Crippen LogP contribution in [0.2, 0.25) is 0 Å². The molecule has 0 fully saturated rings. The quantitative estimate of drug-likeness (QED) is 0.125. The molecule has 4 aromatic rings. The molecular formula is C28H20I2. The molecule has 0 aliphatic rings. The van der Waals surface area contributed by atoms with Gasteiger partial charge in [-0.3, -0.25) is 0 Å². The van der Waals surface area contributed by atoms with E-state index in [0.29, 0.717) is 0 Å². The van der Waals surface area contributed by atoms with Crippen molar-refractivity contribution in [1.29, 1.82) is 0 Å². The summed E-state index contributed by atoms with van der Waals surface area (Å²) < 4.78 is 2.52. The number of hydrogen-bond acceptors (Lipinski definition) is 0. The number of benzene rings is 4. The van der Waals surface area contributed by atoms with E-state index >= 15 is 0 Å². The van der Waals surface area contributed by atoms with Crippen LogP contribution in [-0.4, -0.2) is 0 Å². The fraction of sp³-hybridized carbons (Fsp3) is 0.143. The van der Waals surface area contributed by atoms with Crippen molar-refractivity contribution in [2.24, 2.45) is 0 Å². The summed E-state index contributed by atoms with van der Waals surface area (Å²) in [7, 11) is 0. The predicted molar refractivity (Wildman–Crippen MR) is 146 cm³/mol. The molecule has 0 saturated carbocycles. The minimum absolute atomic E-state index is 0.910. The van der Waals surface area contributed by atoms with E-state index in [4.69, 9.17) is 0 Å². The summed E-state index contributed by atoms with van der Waals surface area (Å²) >= 11 is 4.79. The topological polar surface area (TPSA) is 0 Å². The first-order valence-electron chi connectivity index (χ1n) is 10.1. The Labute approximate surface area is 205 Å². The van der Waals surface area contributed by atoms with Crippen molar-refractivity contribution >= 4 is 66.7 Å². The van der Waals surface area contributed by atoms with E-state index in [1.54, 1.807) is 0 Å². The van der Waals surface area contributed by atoms with Gasteiger partial charge in [-0.05, 0) is 93.1 Å². The first-order valence-corrected chi connectivity index (χ1v) is 12.2. The van der Waals surface area contributed by atoms with Gasteiger partial charge in [0.1, 0.15) is 0 Å². The molecule has 30 heavy (non-hydrogen) atoms. The average molecular weight is 610 g/mol. The maximum Gasteiger partial charge on any atom is 0.0334 e. The second-order valence-electron chi connectivity index (χ2n) is 7.10. The Morgan fingerprint density at radius 3 is 1.37 bits per heavy atom. The molecule has 0 aliphatic carbocycles. The van der Waals surface area contributed by atoms with Gasteiger partial charge in [-0.2, -0.15) is 0 Å². The normalized spacial score (nSPS) is 10.3. The van der Waals surface area contributed by atoms with Crippen LogP contribution in [0.5, 0.6) is 0 Å². The monoisotopic (exact) mass is 610 g/mol. The molecule has 0 aromatic heterocycles. The van der Waals surface area contributed by atoms with Crippen molar-refractivity contribution in [1.82, 2.24) is 0 Å². The maximum absolute atomic E-state index is 3.38. The van der Waals surface area contributed by atoms with Crippen molar-refractivity contribution in [3.05, 3.63) is 91.1 Å². The second kappa shape index (κ2) is 10.3. The first-order chi connectivity index (χ1) is 14.7. The van der Waals surface area contributed by atoms with E-state index in [9.17, 15) is 0 Å². The molecule has 0 atom stereocenters. The predicted octanol–water partition coefficient (Wildman–Crippen LogP) is 8.17. The van der Waals surface area contributed by atoms with Gasteiger partial charge in [0.05, 0.1) is 0 Å². The van der Waals surface area contributed by atoms with Gasteiger partial charge in [0, 0.05) is 41.9 Å². The molecule has 0 bridgehead atoms. The zero-order valence-corrected chi connectivity index (χ0v) is 20.8. The molecule has 146 valence electrons. The molecule has 4 rings (SSSR count). The summed E-state index contributed by atoms with van der Waals surface area (Å²) in [6.45, 7) is 0. The summed E-state index contributed by atoms with van der Waals surface area (Å²) in [5.41, 5.74) is 2.26. The second-order valence-corrected chi connectivity index (χ2v) is 9.42. The minimum atomic E-state index is 0.910. The molecule has 0 amide bonds. The van der Waals surface area contributed by atoms with Gasteiger partial charge in [0.25, 0.3) is 0 Å². The standard InChI is InChI=1S/C28H20I2/c29-25-19-9-17-23-15-7-13-21(27(23)25)11-5-3-1-2-4-6-12-22-14-8-16-24-18-10-20-26(30)28(22)24/h7-10,13-20H,1-4H2. The Morgan fingerprint density at radius 2 is 0.933 bits per heavy atom. The Kier molecular flexibility index (Phi) is 7.31. The van der Waals surface area contributed by atoms with Gasteiger partial charge in [-0.1, -0.05) is 72.2 Å². The van der Waals surface area contributed by atoms with Crippen LogP contribution >= 0.6 is 45.2 Å². The average Bonchev–Trinajstić information content (AvgIpc) is 2.76. The van der Waals surface area contributed by atoms with Crippen LogP contribution in [0, 0.1) is 30.8 Å². The van der Waals surface area contributed by atoms with Gasteiger partial charge in [0.2, 0.25) is 0 Å². The van der Waals surface area contributed by atoms with Crippen molar-refractivity contribution < 1.29 is 0 Å².